The predicted molar refractivity (Wildman–Crippen MR) is 154 cm³/mol. The van der Waals surface area contributed by atoms with Crippen molar-refractivity contribution in [3.63, 3.8) is 0 Å². The van der Waals surface area contributed by atoms with Crippen molar-refractivity contribution in [3.8, 4) is 0 Å². The number of nitrogens with one attached hydrogen (secondary N) is 2. The number of halogens is 1. The van der Waals surface area contributed by atoms with Crippen LogP contribution >= 0.6 is 11.6 Å². The standard InChI is InChI=1S/C29H25ClN4O4S/c1-21(22-12-16-25(17-13-22)31-29(36)23-8-4-2-5-9-23)32-33-28(35)20-34(26-10-6-3-7-11-26)39(37,38)27-18-14-24(30)15-19-27/h2-19H,20H2,1H3,(H,31,36)(H,33,35)/b32-21-. The van der Waals surface area contributed by atoms with Gasteiger partial charge in [0.25, 0.3) is 21.8 Å². The van der Waals surface area contributed by atoms with Crippen molar-refractivity contribution in [2.24, 2.45) is 5.10 Å². The van der Waals surface area contributed by atoms with Crippen LogP contribution < -0.4 is 15.0 Å². The first-order valence-electron chi connectivity index (χ1n) is 11.9. The average Bonchev–Trinajstić information content (AvgIpc) is 2.96. The van der Waals surface area contributed by atoms with Crippen LogP contribution in [0.1, 0.15) is 22.8 Å². The van der Waals surface area contributed by atoms with E-state index in [1.54, 1.807) is 85.8 Å². The van der Waals surface area contributed by atoms with E-state index in [1.807, 2.05) is 6.07 Å². The van der Waals surface area contributed by atoms with E-state index in [2.05, 4.69) is 15.8 Å². The second-order valence-electron chi connectivity index (χ2n) is 8.43. The van der Waals surface area contributed by atoms with Gasteiger partial charge in [-0.05, 0) is 73.2 Å². The number of amides is 2. The Morgan fingerprint density at radius 3 is 2.00 bits per heavy atom. The highest BCUT2D eigenvalue weighted by atomic mass is 35.5. The van der Waals surface area contributed by atoms with E-state index in [-0.39, 0.29) is 10.8 Å². The van der Waals surface area contributed by atoms with E-state index < -0.39 is 22.5 Å². The fraction of sp³-hybridized carbons (Fsp3) is 0.0690. The van der Waals surface area contributed by atoms with Crippen LogP contribution in [-0.2, 0) is 14.8 Å². The van der Waals surface area contributed by atoms with E-state index in [4.69, 9.17) is 11.6 Å². The minimum Gasteiger partial charge on any atom is -0.322 e. The molecular formula is C29H25ClN4O4S. The number of hydrogen-bond acceptors (Lipinski definition) is 5. The molecule has 4 rings (SSSR count). The SMILES string of the molecule is C/C(=N/NC(=O)CN(c1ccccc1)S(=O)(=O)c1ccc(Cl)cc1)c1ccc(NC(=O)c2ccccc2)cc1. The molecule has 0 saturated heterocycles. The van der Waals surface area contributed by atoms with E-state index in [9.17, 15) is 18.0 Å². The minimum absolute atomic E-state index is 0.00248. The molecule has 2 amide bonds. The summed E-state index contributed by atoms with van der Waals surface area (Å²) < 4.78 is 27.8. The summed E-state index contributed by atoms with van der Waals surface area (Å²) in [6.07, 6.45) is 0. The summed E-state index contributed by atoms with van der Waals surface area (Å²) in [4.78, 5) is 25.2. The Kier molecular flexibility index (Phi) is 8.75. The number of hydrogen-bond donors (Lipinski definition) is 2. The molecule has 10 heteroatoms. The molecule has 0 radical (unpaired) electrons. The Morgan fingerprint density at radius 2 is 1.38 bits per heavy atom. The van der Waals surface area contributed by atoms with Gasteiger partial charge in [0.1, 0.15) is 6.54 Å². The normalized spacial score (nSPS) is 11.5. The van der Waals surface area contributed by atoms with Crippen LogP contribution in [0, 0.1) is 0 Å². The monoisotopic (exact) mass is 560 g/mol. The van der Waals surface area contributed by atoms with Gasteiger partial charge < -0.3 is 5.32 Å². The lowest BCUT2D eigenvalue weighted by Crippen LogP contribution is -2.39. The Hall–Kier alpha value is -4.47. The molecule has 0 atom stereocenters. The van der Waals surface area contributed by atoms with Crippen molar-refractivity contribution in [2.75, 3.05) is 16.2 Å². The second kappa shape index (κ2) is 12.4. The summed E-state index contributed by atoms with van der Waals surface area (Å²) >= 11 is 5.91. The molecule has 0 aliphatic carbocycles. The highest BCUT2D eigenvalue weighted by Crippen LogP contribution is 2.24. The number of nitrogens with zero attached hydrogens (tertiary/aromatic N) is 2. The summed E-state index contributed by atoms with van der Waals surface area (Å²) in [7, 11) is -4.06. The molecule has 39 heavy (non-hydrogen) atoms. The van der Waals surface area contributed by atoms with Gasteiger partial charge >= 0.3 is 0 Å². The first-order chi connectivity index (χ1) is 18.7. The van der Waals surface area contributed by atoms with Gasteiger partial charge in [-0.25, -0.2) is 13.8 Å². The van der Waals surface area contributed by atoms with Crippen LogP contribution in [0.4, 0.5) is 11.4 Å². The lowest BCUT2D eigenvalue weighted by molar-refractivity contribution is -0.119. The van der Waals surface area contributed by atoms with Crippen molar-refractivity contribution in [3.05, 3.63) is 125 Å². The van der Waals surface area contributed by atoms with E-state index in [1.165, 1.54) is 24.3 Å². The van der Waals surface area contributed by atoms with Crippen molar-refractivity contribution in [1.82, 2.24) is 5.43 Å². The summed E-state index contributed by atoms with van der Waals surface area (Å²) in [6, 6.07) is 29.9. The van der Waals surface area contributed by atoms with Gasteiger partial charge in [-0.3, -0.25) is 13.9 Å². The fourth-order valence-corrected chi connectivity index (χ4v) is 5.15. The molecule has 0 aliphatic rings. The molecule has 2 N–H and O–H groups in total. The zero-order valence-electron chi connectivity index (χ0n) is 20.9. The highest BCUT2D eigenvalue weighted by molar-refractivity contribution is 7.92. The molecule has 0 unspecified atom stereocenters. The summed E-state index contributed by atoms with van der Waals surface area (Å²) in [5, 5.41) is 7.36. The molecule has 4 aromatic rings. The first-order valence-corrected chi connectivity index (χ1v) is 13.7. The molecule has 0 fully saturated rings. The smallest absolute Gasteiger partial charge is 0.264 e. The maximum atomic E-state index is 13.4. The maximum Gasteiger partial charge on any atom is 0.264 e. The third kappa shape index (κ3) is 7.10. The molecular weight excluding hydrogens is 536 g/mol. The third-order valence-corrected chi connectivity index (χ3v) is 7.72. The van der Waals surface area contributed by atoms with Gasteiger partial charge in [-0.2, -0.15) is 5.10 Å². The summed E-state index contributed by atoms with van der Waals surface area (Å²) in [5.74, 6) is -0.847. The van der Waals surface area contributed by atoms with Crippen LogP contribution in [0.3, 0.4) is 0 Å². The van der Waals surface area contributed by atoms with Crippen LogP contribution in [0.5, 0.6) is 0 Å². The van der Waals surface area contributed by atoms with Gasteiger partial charge in [0.05, 0.1) is 16.3 Å². The molecule has 0 spiro atoms. The average molecular weight is 561 g/mol. The lowest BCUT2D eigenvalue weighted by Gasteiger charge is -2.23. The number of carbonyl (C=O) groups is 2. The number of sulfonamides is 1. The Morgan fingerprint density at radius 1 is 0.795 bits per heavy atom. The van der Waals surface area contributed by atoms with Crippen molar-refractivity contribution in [1.29, 1.82) is 0 Å². The number of benzene rings is 4. The third-order valence-electron chi connectivity index (χ3n) is 5.68. The van der Waals surface area contributed by atoms with E-state index >= 15 is 0 Å². The van der Waals surface area contributed by atoms with Crippen LogP contribution in [0.25, 0.3) is 0 Å². The molecule has 0 heterocycles. The number of rotatable bonds is 9. The molecule has 198 valence electrons. The van der Waals surface area contributed by atoms with Gasteiger partial charge in [-0.15, -0.1) is 0 Å². The lowest BCUT2D eigenvalue weighted by atomic mass is 10.1. The Labute approximate surface area is 232 Å². The number of para-hydroxylation sites is 1. The zero-order chi connectivity index (χ0) is 27.8. The molecule has 8 nitrogen and oxygen atoms in total. The minimum atomic E-state index is -4.06. The number of carbonyl (C=O) groups excluding carboxylic acids is 2. The van der Waals surface area contributed by atoms with Crippen LogP contribution in [0.2, 0.25) is 5.02 Å². The van der Waals surface area contributed by atoms with Crippen LogP contribution in [-0.4, -0.2) is 32.5 Å². The Balaban J connectivity index is 1.44. The topological polar surface area (TPSA) is 108 Å². The molecule has 4 aromatic carbocycles. The van der Waals surface area contributed by atoms with Gasteiger partial charge in [0, 0.05) is 16.3 Å². The summed E-state index contributed by atoms with van der Waals surface area (Å²) in [5.41, 5.74) is 5.12. The molecule has 0 aromatic heterocycles. The highest BCUT2D eigenvalue weighted by Gasteiger charge is 2.27. The predicted octanol–water partition coefficient (Wildman–Crippen LogP) is 5.33. The second-order valence-corrected chi connectivity index (χ2v) is 10.7. The van der Waals surface area contributed by atoms with Gasteiger partial charge in [0.2, 0.25) is 0 Å². The molecule has 0 aliphatic heterocycles. The van der Waals surface area contributed by atoms with E-state index in [0.717, 1.165) is 4.31 Å². The fourth-order valence-electron chi connectivity index (χ4n) is 3.61. The van der Waals surface area contributed by atoms with Gasteiger partial charge in [0.15, 0.2) is 0 Å². The Bertz CT molecular complexity index is 1580. The number of anilines is 2. The zero-order valence-corrected chi connectivity index (χ0v) is 22.5. The quantitative estimate of drug-likeness (QED) is 0.213. The maximum absolute atomic E-state index is 13.4. The largest absolute Gasteiger partial charge is 0.322 e. The van der Waals surface area contributed by atoms with Crippen molar-refractivity contribution >= 4 is 50.5 Å². The number of hydrazone groups is 1. The van der Waals surface area contributed by atoms with Crippen molar-refractivity contribution < 1.29 is 18.0 Å². The summed E-state index contributed by atoms with van der Waals surface area (Å²) in [6.45, 7) is 1.22. The molecule has 0 bridgehead atoms. The van der Waals surface area contributed by atoms with Gasteiger partial charge in [-0.1, -0.05) is 60.1 Å². The first kappa shape index (κ1) is 27.6. The van der Waals surface area contributed by atoms with E-state index in [0.29, 0.717) is 33.2 Å². The van der Waals surface area contributed by atoms with Crippen LogP contribution in [0.15, 0.2) is 119 Å². The van der Waals surface area contributed by atoms with Crippen molar-refractivity contribution in [2.45, 2.75) is 11.8 Å². The molecule has 0 saturated carbocycles.